The molecule has 0 bridgehead atoms. The van der Waals surface area contributed by atoms with Crippen LogP contribution < -0.4 is 5.32 Å². The molecule has 4 nitrogen and oxygen atoms in total. The van der Waals surface area contributed by atoms with Gasteiger partial charge in [-0.25, -0.2) is 9.97 Å². The molecule has 0 aliphatic heterocycles. The number of hydrogen-bond donors (Lipinski definition) is 1. The lowest BCUT2D eigenvalue weighted by molar-refractivity contribution is 0.141. The normalized spacial score (nSPS) is 12.5. The third-order valence-electron chi connectivity index (χ3n) is 1.62. The molecule has 0 amide bonds. The maximum atomic E-state index is 5.30. The monoisotopic (exact) mass is 307 g/mol. The minimum Gasteiger partial charge on any atom is -0.380 e. The second-order valence-electron chi connectivity index (χ2n) is 2.92. The molecule has 78 valence electrons. The summed E-state index contributed by atoms with van der Waals surface area (Å²) in [5.41, 5.74) is 0. The van der Waals surface area contributed by atoms with Crippen molar-refractivity contribution in [2.45, 2.75) is 19.9 Å². The van der Waals surface area contributed by atoms with Crippen LogP contribution in [0, 0.1) is 3.57 Å². The van der Waals surface area contributed by atoms with Crippen LogP contribution in [0.25, 0.3) is 0 Å². The van der Waals surface area contributed by atoms with Crippen LogP contribution in [0.3, 0.4) is 0 Å². The van der Waals surface area contributed by atoms with Crippen molar-refractivity contribution < 1.29 is 4.74 Å². The van der Waals surface area contributed by atoms with E-state index in [1.165, 1.54) is 6.33 Å². The number of halogens is 1. The van der Waals surface area contributed by atoms with Crippen molar-refractivity contribution in [3.05, 3.63) is 16.1 Å². The lowest BCUT2D eigenvalue weighted by atomic mass is 10.3. The largest absolute Gasteiger partial charge is 0.380 e. The molecule has 0 aliphatic carbocycles. The average molecular weight is 307 g/mol. The Morgan fingerprint density at radius 1 is 1.64 bits per heavy atom. The lowest BCUT2D eigenvalue weighted by Crippen LogP contribution is -2.22. The smallest absolute Gasteiger partial charge is 0.143 e. The van der Waals surface area contributed by atoms with Gasteiger partial charge in [-0.15, -0.1) is 0 Å². The van der Waals surface area contributed by atoms with Crippen molar-refractivity contribution in [3.8, 4) is 0 Å². The Morgan fingerprint density at radius 3 is 3.07 bits per heavy atom. The van der Waals surface area contributed by atoms with Crippen LogP contribution in [-0.2, 0) is 4.74 Å². The first-order valence-corrected chi connectivity index (χ1v) is 5.61. The van der Waals surface area contributed by atoms with E-state index in [0.717, 1.165) is 16.0 Å². The molecule has 0 spiro atoms. The fourth-order valence-corrected chi connectivity index (χ4v) is 1.44. The molecule has 1 heterocycles. The van der Waals surface area contributed by atoms with Gasteiger partial charge in [0, 0.05) is 18.8 Å². The van der Waals surface area contributed by atoms with Crippen LogP contribution in [0.4, 0.5) is 5.82 Å². The molecular weight excluding hydrogens is 293 g/mol. The van der Waals surface area contributed by atoms with Gasteiger partial charge in [-0.05, 0) is 36.4 Å². The standard InChI is InChI=1S/C9H14IN3O/c1-3-14-5-7(2)13-9-8(10)4-11-6-12-9/h4,6-7H,3,5H2,1-2H3,(H,11,12,13). The Balaban J connectivity index is 2.47. The highest BCUT2D eigenvalue weighted by molar-refractivity contribution is 14.1. The zero-order valence-corrected chi connectivity index (χ0v) is 10.5. The maximum Gasteiger partial charge on any atom is 0.143 e. The van der Waals surface area contributed by atoms with Gasteiger partial charge in [-0.3, -0.25) is 0 Å². The van der Waals surface area contributed by atoms with E-state index in [1.54, 1.807) is 6.20 Å². The first kappa shape index (κ1) is 11.6. The Morgan fingerprint density at radius 2 is 2.43 bits per heavy atom. The Bertz CT molecular complexity index is 283. The average Bonchev–Trinajstić information content (AvgIpc) is 2.18. The van der Waals surface area contributed by atoms with Gasteiger partial charge in [0.2, 0.25) is 0 Å². The van der Waals surface area contributed by atoms with E-state index in [2.05, 4.69) is 44.8 Å². The zero-order valence-electron chi connectivity index (χ0n) is 8.33. The summed E-state index contributed by atoms with van der Waals surface area (Å²) >= 11 is 2.20. The molecule has 1 aromatic heterocycles. The fourth-order valence-electron chi connectivity index (χ4n) is 0.989. The van der Waals surface area contributed by atoms with Gasteiger partial charge in [0.05, 0.1) is 10.2 Å². The van der Waals surface area contributed by atoms with E-state index < -0.39 is 0 Å². The molecule has 0 saturated heterocycles. The van der Waals surface area contributed by atoms with Crippen LogP contribution in [0.1, 0.15) is 13.8 Å². The Labute approximate surface area is 97.6 Å². The zero-order chi connectivity index (χ0) is 10.4. The van der Waals surface area contributed by atoms with Crippen LogP contribution in [-0.4, -0.2) is 29.2 Å². The van der Waals surface area contributed by atoms with Crippen LogP contribution >= 0.6 is 22.6 Å². The molecule has 0 radical (unpaired) electrons. The quantitative estimate of drug-likeness (QED) is 0.844. The maximum absolute atomic E-state index is 5.30. The van der Waals surface area contributed by atoms with Crippen molar-refractivity contribution in [1.82, 2.24) is 9.97 Å². The van der Waals surface area contributed by atoms with Crippen LogP contribution in [0.2, 0.25) is 0 Å². The third kappa shape index (κ3) is 3.75. The summed E-state index contributed by atoms with van der Waals surface area (Å²) in [4.78, 5) is 8.07. The van der Waals surface area contributed by atoms with Crippen LogP contribution in [0.5, 0.6) is 0 Å². The predicted octanol–water partition coefficient (Wildman–Crippen LogP) is 1.92. The van der Waals surface area contributed by atoms with Gasteiger partial charge in [0.25, 0.3) is 0 Å². The van der Waals surface area contributed by atoms with E-state index in [9.17, 15) is 0 Å². The number of nitrogens with zero attached hydrogens (tertiary/aromatic N) is 2. The van der Waals surface area contributed by atoms with Gasteiger partial charge >= 0.3 is 0 Å². The van der Waals surface area contributed by atoms with E-state index in [4.69, 9.17) is 4.74 Å². The number of hydrogen-bond acceptors (Lipinski definition) is 4. The van der Waals surface area contributed by atoms with Crippen molar-refractivity contribution in [2.75, 3.05) is 18.5 Å². The summed E-state index contributed by atoms with van der Waals surface area (Å²) in [7, 11) is 0. The summed E-state index contributed by atoms with van der Waals surface area (Å²) in [6.07, 6.45) is 3.32. The van der Waals surface area contributed by atoms with Crippen molar-refractivity contribution in [2.24, 2.45) is 0 Å². The second-order valence-corrected chi connectivity index (χ2v) is 4.09. The molecule has 5 heteroatoms. The van der Waals surface area contributed by atoms with Crippen LogP contribution in [0.15, 0.2) is 12.5 Å². The minimum absolute atomic E-state index is 0.262. The molecule has 1 atom stereocenters. The number of ether oxygens (including phenoxy) is 1. The summed E-state index contributed by atoms with van der Waals surface area (Å²) < 4.78 is 6.32. The van der Waals surface area contributed by atoms with E-state index >= 15 is 0 Å². The van der Waals surface area contributed by atoms with Crippen molar-refractivity contribution in [1.29, 1.82) is 0 Å². The Kier molecular flexibility index (Phi) is 5.10. The topological polar surface area (TPSA) is 47.0 Å². The number of aromatic nitrogens is 2. The minimum atomic E-state index is 0.262. The first-order chi connectivity index (χ1) is 6.74. The third-order valence-corrected chi connectivity index (χ3v) is 2.41. The molecular formula is C9H14IN3O. The summed E-state index contributed by atoms with van der Waals surface area (Å²) in [5, 5.41) is 3.26. The fraction of sp³-hybridized carbons (Fsp3) is 0.556. The van der Waals surface area contributed by atoms with E-state index in [-0.39, 0.29) is 6.04 Å². The number of rotatable bonds is 5. The molecule has 1 aromatic rings. The summed E-state index contributed by atoms with van der Waals surface area (Å²) in [5.74, 6) is 0.868. The first-order valence-electron chi connectivity index (χ1n) is 4.53. The van der Waals surface area contributed by atoms with E-state index in [1.807, 2.05) is 6.92 Å². The highest BCUT2D eigenvalue weighted by atomic mass is 127. The summed E-state index contributed by atoms with van der Waals surface area (Å²) in [6.45, 7) is 5.48. The molecule has 14 heavy (non-hydrogen) atoms. The second kappa shape index (κ2) is 6.13. The van der Waals surface area contributed by atoms with Gasteiger partial charge in [0.1, 0.15) is 12.1 Å². The number of nitrogens with one attached hydrogen (secondary N) is 1. The lowest BCUT2D eigenvalue weighted by Gasteiger charge is -2.14. The predicted molar refractivity (Wildman–Crippen MR) is 64.3 cm³/mol. The highest BCUT2D eigenvalue weighted by Gasteiger charge is 2.05. The molecule has 1 N–H and O–H groups in total. The highest BCUT2D eigenvalue weighted by Crippen LogP contribution is 2.13. The van der Waals surface area contributed by atoms with Crippen molar-refractivity contribution >= 4 is 28.4 Å². The molecule has 0 fully saturated rings. The van der Waals surface area contributed by atoms with Gasteiger partial charge < -0.3 is 10.1 Å². The molecule has 0 saturated carbocycles. The summed E-state index contributed by atoms with van der Waals surface area (Å²) in [6, 6.07) is 0.262. The molecule has 0 aliphatic rings. The van der Waals surface area contributed by atoms with Crippen molar-refractivity contribution in [3.63, 3.8) is 0 Å². The van der Waals surface area contributed by atoms with Gasteiger partial charge in [-0.2, -0.15) is 0 Å². The number of anilines is 1. The van der Waals surface area contributed by atoms with Gasteiger partial charge in [-0.1, -0.05) is 0 Å². The Hall–Kier alpha value is -0.430. The SMILES string of the molecule is CCOCC(C)Nc1ncncc1I. The molecule has 1 rings (SSSR count). The van der Waals surface area contributed by atoms with E-state index in [0.29, 0.717) is 6.61 Å². The van der Waals surface area contributed by atoms with Gasteiger partial charge in [0.15, 0.2) is 0 Å². The molecule has 0 aromatic carbocycles. The molecule has 1 unspecified atom stereocenters.